The van der Waals surface area contributed by atoms with Crippen molar-refractivity contribution in [3.63, 3.8) is 0 Å². The van der Waals surface area contributed by atoms with Gasteiger partial charge in [0.15, 0.2) is 0 Å². The van der Waals surface area contributed by atoms with Gasteiger partial charge in [0, 0.05) is 12.2 Å². The lowest BCUT2D eigenvalue weighted by molar-refractivity contribution is 0.0471. The molecule has 1 aliphatic heterocycles. The molecule has 0 aliphatic carbocycles. The molecule has 1 heterocycles. The molecule has 0 unspecified atom stereocenters. The number of carbonyl (C=O) groups excluding carboxylic acids is 1. The van der Waals surface area contributed by atoms with Crippen LogP contribution in [0, 0.1) is 6.92 Å². The van der Waals surface area contributed by atoms with E-state index >= 15 is 0 Å². The van der Waals surface area contributed by atoms with Crippen LogP contribution in [0.4, 0.5) is 5.69 Å². The normalized spacial score (nSPS) is 15.8. The Labute approximate surface area is 108 Å². The van der Waals surface area contributed by atoms with Gasteiger partial charge in [-0.3, -0.25) is 4.90 Å². The Bertz CT molecular complexity index is 426. The number of carbonyl (C=O) groups is 1. The van der Waals surface area contributed by atoms with Crippen molar-refractivity contribution in [1.82, 2.24) is 4.90 Å². The summed E-state index contributed by atoms with van der Waals surface area (Å²) in [6.45, 7) is 5.36. The summed E-state index contributed by atoms with van der Waals surface area (Å²) in [5, 5.41) is 0. The molecule has 1 fully saturated rings. The highest BCUT2D eigenvalue weighted by atomic mass is 16.5. The monoisotopic (exact) mass is 248 g/mol. The molecule has 0 amide bonds. The van der Waals surface area contributed by atoms with E-state index in [1.807, 2.05) is 6.92 Å². The van der Waals surface area contributed by atoms with E-state index in [0.717, 1.165) is 25.2 Å². The third-order valence-corrected chi connectivity index (χ3v) is 3.43. The van der Waals surface area contributed by atoms with E-state index in [2.05, 4.69) is 4.90 Å². The largest absolute Gasteiger partial charge is 0.461 e. The minimum Gasteiger partial charge on any atom is -0.461 e. The number of hydrogen-bond donors (Lipinski definition) is 1. The van der Waals surface area contributed by atoms with E-state index in [1.54, 1.807) is 18.2 Å². The summed E-state index contributed by atoms with van der Waals surface area (Å²) >= 11 is 0. The first kappa shape index (κ1) is 12.9. The number of hydrogen-bond acceptors (Lipinski definition) is 4. The molecular weight excluding hydrogens is 228 g/mol. The Kier molecular flexibility index (Phi) is 4.20. The van der Waals surface area contributed by atoms with Crippen LogP contribution in [-0.2, 0) is 4.74 Å². The molecule has 1 saturated heterocycles. The van der Waals surface area contributed by atoms with Gasteiger partial charge in [-0.2, -0.15) is 0 Å². The number of anilines is 1. The summed E-state index contributed by atoms with van der Waals surface area (Å²) in [6.07, 6.45) is 2.50. The number of rotatable bonds is 4. The lowest BCUT2D eigenvalue weighted by Crippen LogP contribution is -2.25. The van der Waals surface area contributed by atoms with Gasteiger partial charge in [-0.05, 0) is 50.6 Å². The van der Waals surface area contributed by atoms with Crippen molar-refractivity contribution >= 4 is 11.7 Å². The Morgan fingerprint density at radius 3 is 2.83 bits per heavy atom. The maximum Gasteiger partial charge on any atom is 0.338 e. The topological polar surface area (TPSA) is 55.6 Å². The zero-order chi connectivity index (χ0) is 13.0. The highest BCUT2D eigenvalue weighted by Crippen LogP contribution is 2.16. The number of nitrogens with two attached hydrogens (primary N) is 1. The van der Waals surface area contributed by atoms with Crippen molar-refractivity contribution < 1.29 is 9.53 Å². The van der Waals surface area contributed by atoms with Gasteiger partial charge in [0.25, 0.3) is 0 Å². The molecule has 1 aliphatic rings. The van der Waals surface area contributed by atoms with Crippen molar-refractivity contribution in [3.05, 3.63) is 29.3 Å². The van der Waals surface area contributed by atoms with Crippen molar-refractivity contribution in [2.24, 2.45) is 0 Å². The molecule has 2 N–H and O–H groups in total. The zero-order valence-corrected chi connectivity index (χ0v) is 10.8. The summed E-state index contributed by atoms with van der Waals surface area (Å²) in [5.74, 6) is -0.279. The molecule has 1 aromatic carbocycles. The average molecular weight is 248 g/mol. The molecule has 0 atom stereocenters. The Balaban J connectivity index is 1.85. The van der Waals surface area contributed by atoms with Gasteiger partial charge in [0.1, 0.15) is 6.61 Å². The molecule has 0 bridgehead atoms. The van der Waals surface area contributed by atoms with Crippen LogP contribution in [0.2, 0.25) is 0 Å². The minimum atomic E-state index is -0.279. The Morgan fingerprint density at radius 1 is 1.39 bits per heavy atom. The number of likely N-dealkylation sites (tertiary alicyclic amines) is 1. The number of benzene rings is 1. The lowest BCUT2D eigenvalue weighted by atomic mass is 10.1. The highest BCUT2D eigenvalue weighted by molar-refractivity contribution is 5.92. The third kappa shape index (κ3) is 3.01. The molecule has 18 heavy (non-hydrogen) atoms. The van der Waals surface area contributed by atoms with Crippen LogP contribution in [0.3, 0.4) is 0 Å². The minimum absolute atomic E-state index is 0.279. The summed E-state index contributed by atoms with van der Waals surface area (Å²) in [4.78, 5) is 14.2. The fourth-order valence-electron chi connectivity index (χ4n) is 2.23. The van der Waals surface area contributed by atoms with Gasteiger partial charge in [-0.15, -0.1) is 0 Å². The molecule has 0 aromatic heterocycles. The molecule has 0 radical (unpaired) electrons. The first-order valence-electron chi connectivity index (χ1n) is 6.43. The van der Waals surface area contributed by atoms with Gasteiger partial charge in [0.05, 0.1) is 5.56 Å². The maximum atomic E-state index is 11.9. The van der Waals surface area contributed by atoms with Crippen molar-refractivity contribution in [3.8, 4) is 0 Å². The predicted molar refractivity (Wildman–Crippen MR) is 71.5 cm³/mol. The Morgan fingerprint density at radius 2 is 2.11 bits per heavy atom. The second-order valence-corrected chi connectivity index (χ2v) is 4.70. The van der Waals surface area contributed by atoms with Crippen molar-refractivity contribution in [2.45, 2.75) is 19.8 Å². The summed E-state index contributed by atoms with van der Waals surface area (Å²) in [7, 11) is 0. The van der Waals surface area contributed by atoms with Crippen LogP contribution >= 0.6 is 0 Å². The second kappa shape index (κ2) is 5.87. The second-order valence-electron chi connectivity index (χ2n) is 4.70. The molecule has 0 spiro atoms. The Hall–Kier alpha value is -1.55. The molecule has 98 valence electrons. The first-order chi connectivity index (χ1) is 8.68. The van der Waals surface area contributed by atoms with Crippen LogP contribution in [0.25, 0.3) is 0 Å². The number of esters is 1. The summed E-state index contributed by atoms with van der Waals surface area (Å²) in [6, 6.07) is 5.32. The number of nitrogen functional groups attached to an aromatic ring is 1. The molecule has 0 saturated carbocycles. The molecule has 4 nitrogen and oxygen atoms in total. The third-order valence-electron chi connectivity index (χ3n) is 3.43. The SMILES string of the molecule is Cc1c(N)cccc1C(=O)OCCN1CCCC1. The van der Waals surface area contributed by atoms with Crippen LogP contribution in [0.5, 0.6) is 0 Å². The quantitative estimate of drug-likeness (QED) is 0.652. The summed E-state index contributed by atoms with van der Waals surface area (Å²) in [5.41, 5.74) is 7.76. The van der Waals surface area contributed by atoms with Gasteiger partial charge >= 0.3 is 5.97 Å². The van der Waals surface area contributed by atoms with Gasteiger partial charge in [-0.1, -0.05) is 6.07 Å². The van der Waals surface area contributed by atoms with Crippen molar-refractivity contribution in [1.29, 1.82) is 0 Å². The summed E-state index contributed by atoms with van der Waals surface area (Å²) < 4.78 is 5.29. The van der Waals surface area contributed by atoms with E-state index in [0.29, 0.717) is 17.9 Å². The fraction of sp³-hybridized carbons (Fsp3) is 0.500. The molecule has 2 rings (SSSR count). The van der Waals surface area contributed by atoms with Crippen LogP contribution in [-0.4, -0.2) is 37.1 Å². The van der Waals surface area contributed by atoms with Gasteiger partial charge < -0.3 is 10.5 Å². The molecule has 4 heteroatoms. The van der Waals surface area contributed by atoms with E-state index in [1.165, 1.54) is 12.8 Å². The number of nitrogens with zero attached hydrogens (tertiary/aromatic N) is 1. The molecular formula is C14H20N2O2. The fourth-order valence-corrected chi connectivity index (χ4v) is 2.23. The predicted octanol–water partition coefficient (Wildman–Crippen LogP) is 1.83. The lowest BCUT2D eigenvalue weighted by Gasteiger charge is -2.14. The molecule has 1 aromatic rings. The average Bonchev–Trinajstić information content (AvgIpc) is 2.85. The van der Waals surface area contributed by atoms with E-state index in [4.69, 9.17) is 10.5 Å². The van der Waals surface area contributed by atoms with Gasteiger partial charge in [-0.25, -0.2) is 4.79 Å². The van der Waals surface area contributed by atoms with Crippen molar-refractivity contribution in [2.75, 3.05) is 32.0 Å². The van der Waals surface area contributed by atoms with E-state index < -0.39 is 0 Å². The first-order valence-corrected chi connectivity index (χ1v) is 6.43. The number of ether oxygens (including phenoxy) is 1. The van der Waals surface area contributed by atoms with E-state index in [-0.39, 0.29) is 5.97 Å². The van der Waals surface area contributed by atoms with Gasteiger partial charge in [0.2, 0.25) is 0 Å². The van der Waals surface area contributed by atoms with Crippen LogP contribution in [0.1, 0.15) is 28.8 Å². The van der Waals surface area contributed by atoms with Crippen LogP contribution in [0.15, 0.2) is 18.2 Å². The smallest absolute Gasteiger partial charge is 0.338 e. The van der Waals surface area contributed by atoms with Crippen LogP contribution < -0.4 is 5.73 Å². The highest BCUT2D eigenvalue weighted by Gasteiger charge is 2.14. The van der Waals surface area contributed by atoms with E-state index in [9.17, 15) is 4.79 Å². The zero-order valence-electron chi connectivity index (χ0n) is 10.8. The standard InChI is InChI=1S/C14H20N2O2/c1-11-12(5-4-6-13(11)15)14(17)18-10-9-16-7-2-3-8-16/h4-6H,2-3,7-10,15H2,1H3. The maximum absolute atomic E-state index is 11.9.